The molecule has 8 heteroatoms. The van der Waals surface area contributed by atoms with Crippen LogP contribution in [0.5, 0.6) is 0 Å². The summed E-state index contributed by atoms with van der Waals surface area (Å²) in [6, 6.07) is 19.0. The molecule has 7 nitrogen and oxygen atoms in total. The Bertz CT molecular complexity index is 1240. The number of piperidine rings is 1. The van der Waals surface area contributed by atoms with Gasteiger partial charge in [-0.05, 0) is 68.5 Å². The van der Waals surface area contributed by atoms with Crippen LogP contribution in [-0.2, 0) is 17.9 Å². The summed E-state index contributed by atoms with van der Waals surface area (Å²) in [4.78, 5) is 30.2. The first kappa shape index (κ1) is 27.6. The molecule has 1 N–H and O–H groups in total. The molecule has 3 aromatic rings. The Kier molecular flexibility index (Phi) is 9.14. The molecule has 1 saturated heterocycles. The molecule has 0 radical (unpaired) electrons. The Balaban J connectivity index is 1.31. The fourth-order valence-electron chi connectivity index (χ4n) is 5.67. The number of amides is 1. The smallest absolute Gasteiger partial charge is 0.226 e. The van der Waals surface area contributed by atoms with Gasteiger partial charge in [0.2, 0.25) is 11.9 Å². The lowest BCUT2D eigenvalue weighted by atomic mass is 9.95. The molecule has 2 aliphatic rings. The van der Waals surface area contributed by atoms with Crippen molar-refractivity contribution in [1.29, 1.82) is 0 Å². The van der Waals surface area contributed by atoms with Gasteiger partial charge in [0.15, 0.2) is 0 Å². The average molecular weight is 592 g/mol. The second-order valence-corrected chi connectivity index (χ2v) is 11.7. The molecule has 0 bridgehead atoms. The van der Waals surface area contributed by atoms with Gasteiger partial charge in [-0.3, -0.25) is 9.69 Å². The van der Waals surface area contributed by atoms with Crippen molar-refractivity contribution in [2.75, 3.05) is 49.5 Å². The monoisotopic (exact) mass is 590 g/mol. The van der Waals surface area contributed by atoms with Crippen molar-refractivity contribution in [2.24, 2.45) is 5.92 Å². The standard InChI is InChI=1S/C31H39BrN6O/c1-23-19-24(2)35-31(34-23)37-15-11-26(12-16-37)30(39)38-18-17-36(21-25-7-4-3-5-8-25)14-6-13-33-29-10-9-28(32)20-27(29)22-38/h3-5,7-10,19-20,26,33H,6,11-18,21-22H2,1-2H3. The zero-order valence-corrected chi connectivity index (χ0v) is 24.7. The normalized spacial score (nSPS) is 17.7. The molecule has 0 spiro atoms. The van der Waals surface area contributed by atoms with Crippen LogP contribution in [0, 0.1) is 19.8 Å². The largest absolute Gasteiger partial charge is 0.385 e. The summed E-state index contributed by atoms with van der Waals surface area (Å²) in [5.41, 5.74) is 5.56. The first-order valence-corrected chi connectivity index (χ1v) is 14.9. The molecule has 39 heavy (non-hydrogen) atoms. The molecule has 0 atom stereocenters. The van der Waals surface area contributed by atoms with E-state index in [1.165, 1.54) is 5.56 Å². The van der Waals surface area contributed by atoms with E-state index in [1.807, 2.05) is 19.9 Å². The third-order valence-electron chi connectivity index (χ3n) is 7.74. The number of nitrogens with one attached hydrogen (secondary N) is 1. The topological polar surface area (TPSA) is 64.6 Å². The number of anilines is 2. The van der Waals surface area contributed by atoms with Crippen LogP contribution in [0.25, 0.3) is 0 Å². The van der Waals surface area contributed by atoms with Gasteiger partial charge in [0.25, 0.3) is 0 Å². The number of hydrogen-bond donors (Lipinski definition) is 1. The second-order valence-electron chi connectivity index (χ2n) is 10.8. The number of rotatable bonds is 4. The van der Waals surface area contributed by atoms with Crippen molar-refractivity contribution in [2.45, 2.75) is 46.2 Å². The average Bonchev–Trinajstić information content (AvgIpc) is 2.97. The number of halogens is 1. The van der Waals surface area contributed by atoms with E-state index in [4.69, 9.17) is 0 Å². The molecule has 3 heterocycles. The Morgan fingerprint density at radius 3 is 2.44 bits per heavy atom. The molecule has 206 valence electrons. The van der Waals surface area contributed by atoms with E-state index in [2.05, 4.69) is 94.4 Å². The van der Waals surface area contributed by atoms with Crippen molar-refractivity contribution in [3.05, 3.63) is 81.6 Å². The number of carbonyl (C=O) groups is 1. The first-order valence-electron chi connectivity index (χ1n) is 14.1. The summed E-state index contributed by atoms with van der Waals surface area (Å²) >= 11 is 3.65. The minimum Gasteiger partial charge on any atom is -0.385 e. The second kappa shape index (κ2) is 12.9. The Hall–Kier alpha value is -2.97. The number of aromatic nitrogens is 2. The highest BCUT2D eigenvalue weighted by molar-refractivity contribution is 9.10. The van der Waals surface area contributed by atoms with E-state index in [-0.39, 0.29) is 11.8 Å². The maximum atomic E-state index is 14.0. The minimum atomic E-state index is 0.0171. The minimum absolute atomic E-state index is 0.0171. The van der Waals surface area contributed by atoms with Crippen molar-refractivity contribution < 1.29 is 4.79 Å². The number of aryl methyl sites for hydroxylation is 2. The van der Waals surface area contributed by atoms with E-state index in [9.17, 15) is 4.79 Å². The number of benzene rings is 2. The number of nitrogens with zero attached hydrogens (tertiary/aromatic N) is 5. The molecule has 1 fully saturated rings. The predicted molar refractivity (Wildman–Crippen MR) is 161 cm³/mol. The molecule has 1 aromatic heterocycles. The van der Waals surface area contributed by atoms with Crippen LogP contribution < -0.4 is 10.2 Å². The highest BCUT2D eigenvalue weighted by Gasteiger charge is 2.30. The fourth-order valence-corrected chi connectivity index (χ4v) is 6.08. The Morgan fingerprint density at radius 1 is 0.949 bits per heavy atom. The lowest BCUT2D eigenvalue weighted by Gasteiger charge is -2.35. The number of hydrogen-bond acceptors (Lipinski definition) is 6. The van der Waals surface area contributed by atoms with E-state index in [1.54, 1.807) is 0 Å². The molecule has 2 aromatic carbocycles. The molecule has 5 rings (SSSR count). The van der Waals surface area contributed by atoms with Gasteiger partial charge in [-0.1, -0.05) is 46.3 Å². The molecular formula is C31H39BrN6O. The highest BCUT2D eigenvalue weighted by atomic mass is 79.9. The molecule has 0 unspecified atom stereocenters. The van der Waals surface area contributed by atoms with Crippen LogP contribution in [0.15, 0.2) is 59.1 Å². The number of fused-ring (bicyclic) bond motifs is 1. The van der Waals surface area contributed by atoms with E-state index < -0.39 is 0 Å². The van der Waals surface area contributed by atoms with Crippen LogP contribution in [0.3, 0.4) is 0 Å². The molecule has 0 saturated carbocycles. The molecule has 0 aliphatic carbocycles. The van der Waals surface area contributed by atoms with Crippen LogP contribution in [-0.4, -0.2) is 64.9 Å². The van der Waals surface area contributed by atoms with Gasteiger partial charge in [0, 0.05) is 79.8 Å². The van der Waals surface area contributed by atoms with Crippen molar-refractivity contribution in [3.63, 3.8) is 0 Å². The van der Waals surface area contributed by atoms with Gasteiger partial charge >= 0.3 is 0 Å². The predicted octanol–water partition coefficient (Wildman–Crippen LogP) is 5.42. The summed E-state index contributed by atoms with van der Waals surface area (Å²) in [5.74, 6) is 1.07. The van der Waals surface area contributed by atoms with E-state index >= 15 is 0 Å². The molecule has 1 amide bonds. The van der Waals surface area contributed by atoms with Crippen molar-refractivity contribution in [3.8, 4) is 0 Å². The van der Waals surface area contributed by atoms with Gasteiger partial charge in [0.05, 0.1) is 0 Å². The summed E-state index contributed by atoms with van der Waals surface area (Å²) < 4.78 is 1.04. The highest BCUT2D eigenvalue weighted by Crippen LogP contribution is 2.27. The van der Waals surface area contributed by atoms with Crippen LogP contribution in [0.2, 0.25) is 0 Å². The Morgan fingerprint density at radius 2 is 1.69 bits per heavy atom. The van der Waals surface area contributed by atoms with Gasteiger partial charge in [-0.15, -0.1) is 0 Å². The zero-order chi connectivity index (χ0) is 27.2. The van der Waals surface area contributed by atoms with E-state index in [0.717, 1.165) is 98.1 Å². The third-order valence-corrected chi connectivity index (χ3v) is 8.23. The van der Waals surface area contributed by atoms with Gasteiger partial charge in [0.1, 0.15) is 0 Å². The maximum absolute atomic E-state index is 14.0. The van der Waals surface area contributed by atoms with Crippen LogP contribution >= 0.6 is 15.9 Å². The zero-order valence-electron chi connectivity index (χ0n) is 23.1. The van der Waals surface area contributed by atoms with Crippen molar-refractivity contribution in [1.82, 2.24) is 19.8 Å². The molecular weight excluding hydrogens is 552 g/mol. The van der Waals surface area contributed by atoms with Gasteiger partial charge < -0.3 is 15.1 Å². The van der Waals surface area contributed by atoms with Crippen LogP contribution in [0.4, 0.5) is 11.6 Å². The van der Waals surface area contributed by atoms with Crippen LogP contribution in [0.1, 0.15) is 41.8 Å². The Labute approximate surface area is 240 Å². The summed E-state index contributed by atoms with van der Waals surface area (Å²) in [7, 11) is 0. The quantitative estimate of drug-likeness (QED) is 0.438. The summed E-state index contributed by atoms with van der Waals surface area (Å²) in [5, 5.41) is 3.64. The SMILES string of the molecule is Cc1cc(C)nc(N2CCC(C(=O)N3CCN(Cc4ccccc4)CCCNc4ccc(Br)cc4C3)CC2)n1. The first-order chi connectivity index (χ1) is 18.9. The summed E-state index contributed by atoms with van der Waals surface area (Å²) in [6.45, 7) is 10.6. The maximum Gasteiger partial charge on any atom is 0.226 e. The molecule has 2 aliphatic heterocycles. The van der Waals surface area contributed by atoms with Crippen molar-refractivity contribution >= 4 is 33.5 Å². The lowest BCUT2D eigenvalue weighted by molar-refractivity contribution is -0.137. The third kappa shape index (κ3) is 7.37. The lowest BCUT2D eigenvalue weighted by Crippen LogP contribution is -2.45. The number of carbonyl (C=O) groups excluding carboxylic acids is 1. The van der Waals surface area contributed by atoms with E-state index in [0.29, 0.717) is 6.54 Å². The fraction of sp³-hybridized carbons (Fsp3) is 0.452. The van der Waals surface area contributed by atoms with Gasteiger partial charge in [-0.25, -0.2) is 9.97 Å². The summed E-state index contributed by atoms with van der Waals surface area (Å²) in [6.07, 6.45) is 2.70. The van der Waals surface area contributed by atoms with Gasteiger partial charge in [-0.2, -0.15) is 0 Å².